The van der Waals surface area contributed by atoms with Crippen LogP contribution in [0.1, 0.15) is 12.1 Å². The summed E-state index contributed by atoms with van der Waals surface area (Å²) in [5.74, 6) is 0. The Morgan fingerprint density at radius 2 is 2.07 bits per heavy atom. The van der Waals surface area contributed by atoms with Crippen LogP contribution in [0.15, 0.2) is 28.7 Å². The molecule has 0 aliphatic carbocycles. The average Bonchev–Trinajstić information content (AvgIpc) is 2.51. The van der Waals surface area contributed by atoms with Gasteiger partial charge in [-0.1, -0.05) is 18.2 Å². The minimum Gasteiger partial charge on any atom is -0.396 e. The standard InChI is InChI=1S/C12H14BrNO/c1-14-10-6-3-2-5-9(10)12(13)11(14)7-4-8-15/h2-3,5-6,15H,4,7-8H2,1H3. The van der Waals surface area contributed by atoms with Crippen molar-refractivity contribution in [3.8, 4) is 0 Å². The Morgan fingerprint density at radius 3 is 2.73 bits per heavy atom. The summed E-state index contributed by atoms with van der Waals surface area (Å²) in [6.45, 7) is 0.244. The fourth-order valence-corrected chi connectivity index (χ4v) is 2.72. The molecule has 2 rings (SSSR count). The quantitative estimate of drug-likeness (QED) is 0.909. The summed E-state index contributed by atoms with van der Waals surface area (Å²) in [6.07, 6.45) is 1.71. The minimum atomic E-state index is 0.244. The molecule has 0 bridgehead atoms. The van der Waals surface area contributed by atoms with Gasteiger partial charge in [-0.2, -0.15) is 0 Å². The monoisotopic (exact) mass is 267 g/mol. The molecule has 0 saturated carbocycles. The molecule has 0 atom stereocenters. The van der Waals surface area contributed by atoms with E-state index in [0.717, 1.165) is 17.3 Å². The van der Waals surface area contributed by atoms with E-state index in [1.165, 1.54) is 16.6 Å². The van der Waals surface area contributed by atoms with Crippen LogP contribution in [0, 0.1) is 0 Å². The molecule has 0 fully saturated rings. The summed E-state index contributed by atoms with van der Waals surface area (Å²) in [4.78, 5) is 0. The van der Waals surface area contributed by atoms with Gasteiger partial charge in [0.25, 0.3) is 0 Å². The number of halogens is 1. The second kappa shape index (κ2) is 4.37. The summed E-state index contributed by atoms with van der Waals surface area (Å²) < 4.78 is 3.35. The predicted molar refractivity (Wildman–Crippen MR) is 66.0 cm³/mol. The van der Waals surface area contributed by atoms with Crippen molar-refractivity contribution in [3.63, 3.8) is 0 Å². The van der Waals surface area contributed by atoms with E-state index in [9.17, 15) is 0 Å². The molecule has 1 aromatic carbocycles. The van der Waals surface area contributed by atoms with Crippen molar-refractivity contribution in [3.05, 3.63) is 34.4 Å². The Morgan fingerprint density at radius 1 is 1.33 bits per heavy atom. The van der Waals surface area contributed by atoms with E-state index in [0.29, 0.717) is 0 Å². The molecule has 1 aromatic heterocycles. The van der Waals surface area contributed by atoms with Crippen LogP contribution < -0.4 is 0 Å². The van der Waals surface area contributed by atoms with Crippen LogP contribution in [-0.4, -0.2) is 16.3 Å². The SMILES string of the molecule is Cn1c(CCCO)c(Br)c2ccccc21. The first kappa shape index (κ1) is 10.7. The molecule has 0 aliphatic heterocycles. The third-order valence-corrected chi connectivity index (χ3v) is 3.62. The molecule has 0 spiro atoms. The lowest BCUT2D eigenvalue weighted by Gasteiger charge is -2.03. The summed E-state index contributed by atoms with van der Waals surface area (Å²) in [6, 6.07) is 8.32. The third-order valence-electron chi connectivity index (χ3n) is 2.73. The van der Waals surface area contributed by atoms with Crippen LogP contribution >= 0.6 is 15.9 Å². The van der Waals surface area contributed by atoms with Gasteiger partial charge < -0.3 is 9.67 Å². The zero-order chi connectivity index (χ0) is 10.8. The zero-order valence-electron chi connectivity index (χ0n) is 8.70. The molecule has 1 N–H and O–H groups in total. The predicted octanol–water partition coefficient (Wildman–Crippen LogP) is 2.87. The highest BCUT2D eigenvalue weighted by molar-refractivity contribution is 9.10. The maximum Gasteiger partial charge on any atom is 0.0491 e. The molecule has 0 aliphatic rings. The van der Waals surface area contributed by atoms with Crippen LogP contribution in [-0.2, 0) is 13.5 Å². The lowest BCUT2D eigenvalue weighted by molar-refractivity contribution is 0.287. The summed E-state index contributed by atoms with van der Waals surface area (Å²) in [7, 11) is 2.07. The third kappa shape index (κ3) is 1.82. The second-order valence-electron chi connectivity index (χ2n) is 3.66. The Kier molecular flexibility index (Phi) is 3.12. The van der Waals surface area contributed by atoms with Crippen molar-refractivity contribution >= 4 is 26.8 Å². The number of rotatable bonds is 3. The molecule has 2 nitrogen and oxygen atoms in total. The first-order valence-electron chi connectivity index (χ1n) is 5.08. The van der Waals surface area contributed by atoms with Crippen LogP contribution in [0.2, 0.25) is 0 Å². The fraction of sp³-hybridized carbons (Fsp3) is 0.333. The molecule has 0 radical (unpaired) electrons. The smallest absolute Gasteiger partial charge is 0.0491 e. The van der Waals surface area contributed by atoms with Gasteiger partial charge in [0, 0.05) is 34.7 Å². The number of hydrogen-bond donors (Lipinski definition) is 1. The fourth-order valence-electron chi connectivity index (χ4n) is 1.92. The maximum atomic E-state index is 8.86. The molecular weight excluding hydrogens is 254 g/mol. The van der Waals surface area contributed by atoms with E-state index in [1.54, 1.807) is 0 Å². The Labute approximate surface area is 97.7 Å². The normalized spacial score (nSPS) is 11.1. The molecule has 2 aromatic rings. The van der Waals surface area contributed by atoms with Crippen molar-refractivity contribution in [2.75, 3.05) is 6.61 Å². The van der Waals surface area contributed by atoms with Gasteiger partial charge in [0.15, 0.2) is 0 Å². The van der Waals surface area contributed by atoms with Gasteiger partial charge in [-0.05, 0) is 34.8 Å². The molecule has 80 valence electrons. The van der Waals surface area contributed by atoms with Crippen LogP contribution in [0.25, 0.3) is 10.9 Å². The van der Waals surface area contributed by atoms with Gasteiger partial charge in [-0.3, -0.25) is 0 Å². The van der Waals surface area contributed by atoms with E-state index in [4.69, 9.17) is 5.11 Å². The Bertz CT molecular complexity index is 437. The first-order chi connectivity index (χ1) is 7.25. The number of hydrogen-bond acceptors (Lipinski definition) is 1. The zero-order valence-corrected chi connectivity index (χ0v) is 10.3. The highest BCUT2D eigenvalue weighted by Crippen LogP contribution is 2.30. The minimum absolute atomic E-state index is 0.244. The highest BCUT2D eigenvalue weighted by Gasteiger charge is 2.11. The Balaban J connectivity index is 2.54. The molecule has 1 heterocycles. The molecule has 3 heteroatoms. The number of para-hydroxylation sites is 1. The lowest BCUT2D eigenvalue weighted by atomic mass is 10.2. The number of nitrogens with zero attached hydrogens (tertiary/aromatic N) is 1. The number of benzene rings is 1. The number of aryl methyl sites for hydroxylation is 1. The number of aliphatic hydroxyl groups excluding tert-OH is 1. The van der Waals surface area contributed by atoms with Gasteiger partial charge in [0.05, 0.1) is 0 Å². The van der Waals surface area contributed by atoms with Crippen molar-refractivity contribution in [1.29, 1.82) is 0 Å². The Hall–Kier alpha value is -0.800. The summed E-state index contributed by atoms with van der Waals surface area (Å²) in [5.41, 5.74) is 2.49. The van der Waals surface area contributed by atoms with E-state index in [1.807, 2.05) is 12.1 Å². The van der Waals surface area contributed by atoms with E-state index < -0.39 is 0 Å². The molecule has 0 amide bonds. The van der Waals surface area contributed by atoms with Crippen LogP contribution in [0.5, 0.6) is 0 Å². The molecular formula is C12H14BrNO. The van der Waals surface area contributed by atoms with Crippen molar-refractivity contribution in [2.24, 2.45) is 7.05 Å². The van der Waals surface area contributed by atoms with Crippen molar-refractivity contribution < 1.29 is 5.11 Å². The van der Waals surface area contributed by atoms with E-state index >= 15 is 0 Å². The van der Waals surface area contributed by atoms with Gasteiger partial charge in [0.2, 0.25) is 0 Å². The van der Waals surface area contributed by atoms with Crippen LogP contribution in [0.3, 0.4) is 0 Å². The molecule has 0 saturated heterocycles. The second-order valence-corrected chi connectivity index (χ2v) is 4.46. The van der Waals surface area contributed by atoms with Gasteiger partial charge in [-0.25, -0.2) is 0 Å². The molecule has 15 heavy (non-hydrogen) atoms. The maximum absolute atomic E-state index is 8.86. The van der Waals surface area contributed by atoms with E-state index in [2.05, 4.69) is 39.7 Å². The van der Waals surface area contributed by atoms with Gasteiger partial charge in [0.1, 0.15) is 0 Å². The van der Waals surface area contributed by atoms with Gasteiger partial charge in [-0.15, -0.1) is 0 Å². The first-order valence-corrected chi connectivity index (χ1v) is 5.87. The summed E-state index contributed by atoms with van der Waals surface area (Å²) in [5, 5.41) is 10.1. The topological polar surface area (TPSA) is 25.2 Å². The average molecular weight is 268 g/mol. The number of aliphatic hydroxyl groups is 1. The number of aromatic nitrogens is 1. The van der Waals surface area contributed by atoms with Crippen LogP contribution in [0.4, 0.5) is 0 Å². The lowest BCUT2D eigenvalue weighted by Crippen LogP contribution is -1.98. The molecule has 0 unspecified atom stereocenters. The summed E-state index contributed by atoms with van der Waals surface area (Å²) >= 11 is 3.63. The van der Waals surface area contributed by atoms with Crippen molar-refractivity contribution in [1.82, 2.24) is 4.57 Å². The largest absolute Gasteiger partial charge is 0.396 e. The number of fused-ring (bicyclic) bond motifs is 1. The van der Waals surface area contributed by atoms with E-state index in [-0.39, 0.29) is 6.61 Å². The van der Waals surface area contributed by atoms with Gasteiger partial charge >= 0.3 is 0 Å². The van der Waals surface area contributed by atoms with Crippen molar-refractivity contribution in [2.45, 2.75) is 12.8 Å². The highest BCUT2D eigenvalue weighted by atomic mass is 79.9.